The van der Waals surface area contributed by atoms with Crippen molar-refractivity contribution in [2.45, 2.75) is 82.8 Å². The van der Waals surface area contributed by atoms with Crippen LogP contribution in [0.3, 0.4) is 0 Å². The third-order valence-electron chi connectivity index (χ3n) is 3.77. The van der Waals surface area contributed by atoms with Crippen molar-refractivity contribution < 1.29 is 32.4 Å². The first kappa shape index (κ1) is 22.9. The highest BCUT2D eigenvalue weighted by Gasteiger charge is 2.32. The summed E-state index contributed by atoms with van der Waals surface area (Å²) in [4.78, 5) is 22.1. The minimum Gasteiger partial charge on any atom is -0.480 e. The van der Waals surface area contributed by atoms with Crippen molar-refractivity contribution in [1.82, 2.24) is 0 Å². The van der Waals surface area contributed by atoms with Crippen molar-refractivity contribution in [3.8, 4) is 0 Å². The molecule has 0 saturated carbocycles. The van der Waals surface area contributed by atoms with E-state index in [9.17, 15) is 18.0 Å². The predicted octanol–water partition coefficient (Wildman–Crippen LogP) is 3.18. The highest BCUT2D eigenvalue weighted by atomic mass is 32.2. The van der Waals surface area contributed by atoms with Crippen molar-refractivity contribution in [3.63, 3.8) is 0 Å². The molecule has 142 valence electrons. The Hall–Kier alpha value is -1.15. The Labute approximate surface area is 144 Å². The molecule has 0 aromatic carbocycles. The quantitative estimate of drug-likeness (QED) is 0.259. The fourth-order valence-corrected chi connectivity index (χ4v) is 2.78. The van der Waals surface area contributed by atoms with E-state index in [0.29, 0.717) is 6.42 Å². The molecule has 0 aliphatic carbocycles. The molecule has 1 atom stereocenters. The minimum atomic E-state index is -4.78. The molecule has 7 nitrogen and oxygen atoms in total. The summed E-state index contributed by atoms with van der Waals surface area (Å²) in [7, 11) is -4.78. The van der Waals surface area contributed by atoms with E-state index in [0.717, 1.165) is 19.3 Å². The fourth-order valence-electron chi connectivity index (χ4n) is 2.28. The van der Waals surface area contributed by atoms with Gasteiger partial charge >= 0.3 is 11.9 Å². The maximum absolute atomic E-state index is 11.4. The van der Waals surface area contributed by atoms with E-state index >= 15 is 0 Å². The lowest BCUT2D eigenvalue weighted by atomic mass is 10.1. The second-order valence-electron chi connectivity index (χ2n) is 5.96. The predicted molar refractivity (Wildman–Crippen MR) is 90.4 cm³/mol. The first-order valence-electron chi connectivity index (χ1n) is 8.63. The molecule has 0 bridgehead atoms. The highest BCUT2D eigenvalue weighted by molar-refractivity contribution is 7.87. The van der Waals surface area contributed by atoms with Crippen LogP contribution in [0.4, 0.5) is 0 Å². The van der Waals surface area contributed by atoms with Crippen molar-refractivity contribution >= 4 is 22.1 Å². The molecule has 1 unspecified atom stereocenters. The first-order chi connectivity index (χ1) is 11.3. The van der Waals surface area contributed by atoms with Crippen LogP contribution in [0.25, 0.3) is 0 Å². The molecule has 0 radical (unpaired) electrons. The van der Waals surface area contributed by atoms with Gasteiger partial charge in [0, 0.05) is 6.42 Å². The molecule has 0 aliphatic heterocycles. The van der Waals surface area contributed by atoms with Crippen LogP contribution in [0.5, 0.6) is 0 Å². The average Bonchev–Trinajstić information content (AvgIpc) is 2.47. The lowest BCUT2D eigenvalue weighted by Gasteiger charge is -2.10. The van der Waals surface area contributed by atoms with E-state index in [2.05, 4.69) is 11.7 Å². The first-order valence-corrected chi connectivity index (χ1v) is 10.1. The van der Waals surface area contributed by atoms with Gasteiger partial charge in [0.2, 0.25) is 5.25 Å². The van der Waals surface area contributed by atoms with Crippen LogP contribution in [0, 0.1) is 0 Å². The van der Waals surface area contributed by atoms with Gasteiger partial charge in [-0.3, -0.25) is 14.1 Å². The van der Waals surface area contributed by atoms with E-state index in [4.69, 9.17) is 9.66 Å². The lowest BCUT2D eigenvalue weighted by molar-refractivity contribution is -0.146. The Morgan fingerprint density at radius 3 is 1.79 bits per heavy atom. The summed E-state index contributed by atoms with van der Waals surface area (Å²) in [5.74, 6) is -2.39. The maximum atomic E-state index is 11.4. The molecule has 0 rings (SSSR count). The van der Waals surface area contributed by atoms with Gasteiger partial charge in [-0.1, -0.05) is 64.7 Å². The summed E-state index contributed by atoms with van der Waals surface area (Å²) in [6.07, 6.45) is 11.3. The summed E-state index contributed by atoms with van der Waals surface area (Å²) in [6, 6.07) is 0. The summed E-state index contributed by atoms with van der Waals surface area (Å²) in [5, 5.41) is 6.53. The SMILES string of the molecule is CCCCCCCCCCCCC(=O)OCC(C(=O)O)S(=O)(=O)O. The Morgan fingerprint density at radius 2 is 1.38 bits per heavy atom. The van der Waals surface area contributed by atoms with Gasteiger partial charge in [-0.15, -0.1) is 0 Å². The van der Waals surface area contributed by atoms with Gasteiger partial charge < -0.3 is 9.84 Å². The smallest absolute Gasteiger partial charge is 0.328 e. The van der Waals surface area contributed by atoms with Gasteiger partial charge in [0.25, 0.3) is 10.1 Å². The normalized spacial score (nSPS) is 12.8. The summed E-state index contributed by atoms with van der Waals surface area (Å²) in [5.41, 5.74) is 0. The molecular weight excluding hydrogens is 336 g/mol. The van der Waals surface area contributed by atoms with Crippen LogP contribution in [-0.2, 0) is 24.4 Å². The molecule has 0 aliphatic rings. The van der Waals surface area contributed by atoms with E-state index < -0.39 is 33.9 Å². The summed E-state index contributed by atoms with van der Waals surface area (Å²) < 4.78 is 35.0. The van der Waals surface area contributed by atoms with E-state index in [-0.39, 0.29) is 6.42 Å². The number of carboxylic acids is 1. The zero-order chi connectivity index (χ0) is 18.4. The highest BCUT2D eigenvalue weighted by Crippen LogP contribution is 2.11. The zero-order valence-corrected chi connectivity index (χ0v) is 15.2. The standard InChI is InChI=1S/C16H30O7S/c1-2-3-4-5-6-7-8-9-10-11-12-15(17)23-13-14(16(18)19)24(20,21)22/h14H,2-13H2,1H3,(H,18,19)(H,20,21,22). The summed E-state index contributed by atoms with van der Waals surface area (Å²) >= 11 is 0. The minimum absolute atomic E-state index is 0.119. The van der Waals surface area contributed by atoms with Crippen LogP contribution >= 0.6 is 0 Å². The van der Waals surface area contributed by atoms with Gasteiger partial charge in [0.05, 0.1) is 0 Å². The van der Waals surface area contributed by atoms with Gasteiger partial charge in [-0.05, 0) is 6.42 Å². The summed E-state index contributed by atoms with van der Waals surface area (Å²) in [6.45, 7) is 1.32. The number of hydrogen-bond acceptors (Lipinski definition) is 5. The van der Waals surface area contributed by atoms with Gasteiger partial charge in [0.15, 0.2) is 0 Å². The Kier molecular flexibility index (Phi) is 12.5. The topological polar surface area (TPSA) is 118 Å². The number of carbonyl (C=O) groups is 2. The number of esters is 1. The van der Waals surface area contributed by atoms with Crippen LogP contribution < -0.4 is 0 Å². The van der Waals surface area contributed by atoms with E-state index in [1.54, 1.807) is 0 Å². The largest absolute Gasteiger partial charge is 0.480 e. The molecule has 0 saturated heterocycles. The molecule has 0 aromatic heterocycles. The van der Waals surface area contributed by atoms with E-state index in [1.165, 1.54) is 38.5 Å². The van der Waals surface area contributed by atoms with Crippen molar-refractivity contribution in [2.24, 2.45) is 0 Å². The van der Waals surface area contributed by atoms with Crippen LogP contribution in [-0.4, -0.2) is 41.9 Å². The molecule has 2 N–H and O–H groups in total. The number of hydrogen-bond donors (Lipinski definition) is 2. The lowest BCUT2D eigenvalue weighted by Crippen LogP contribution is -2.35. The Morgan fingerprint density at radius 1 is 0.917 bits per heavy atom. The average molecular weight is 366 g/mol. The van der Waals surface area contributed by atoms with Crippen LogP contribution in [0.1, 0.15) is 77.6 Å². The Bertz CT molecular complexity index is 459. The third-order valence-corrected chi connectivity index (χ3v) is 4.82. The molecule has 0 fully saturated rings. The molecular formula is C16H30O7S. The van der Waals surface area contributed by atoms with Crippen LogP contribution in [0.2, 0.25) is 0 Å². The Balaban J connectivity index is 3.65. The zero-order valence-electron chi connectivity index (χ0n) is 14.4. The molecule has 8 heteroatoms. The second-order valence-corrected chi connectivity index (χ2v) is 7.56. The van der Waals surface area contributed by atoms with Crippen molar-refractivity contribution in [2.75, 3.05) is 6.61 Å². The molecule has 0 amide bonds. The van der Waals surface area contributed by atoms with Crippen molar-refractivity contribution in [3.05, 3.63) is 0 Å². The number of unbranched alkanes of at least 4 members (excludes halogenated alkanes) is 9. The molecule has 0 spiro atoms. The van der Waals surface area contributed by atoms with Gasteiger partial charge in [0.1, 0.15) is 6.61 Å². The van der Waals surface area contributed by atoms with Gasteiger partial charge in [-0.25, -0.2) is 0 Å². The molecule has 24 heavy (non-hydrogen) atoms. The number of ether oxygens (including phenoxy) is 1. The number of rotatable bonds is 15. The monoisotopic (exact) mass is 366 g/mol. The van der Waals surface area contributed by atoms with Crippen molar-refractivity contribution in [1.29, 1.82) is 0 Å². The van der Waals surface area contributed by atoms with Crippen LogP contribution in [0.15, 0.2) is 0 Å². The van der Waals surface area contributed by atoms with E-state index in [1.807, 2.05) is 0 Å². The number of carbonyl (C=O) groups excluding carboxylic acids is 1. The molecule has 0 aromatic rings. The number of carboxylic acid groups (broad SMARTS) is 1. The molecule has 0 heterocycles. The fraction of sp³-hybridized carbons (Fsp3) is 0.875. The maximum Gasteiger partial charge on any atom is 0.328 e. The second kappa shape index (κ2) is 13.2. The van der Waals surface area contributed by atoms with Gasteiger partial charge in [-0.2, -0.15) is 8.42 Å². The number of aliphatic carboxylic acids is 1. The third kappa shape index (κ3) is 12.3.